The zero-order valence-corrected chi connectivity index (χ0v) is 13.3. The summed E-state index contributed by atoms with van der Waals surface area (Å²) in [6, 6.07) is 4.45. The van der Waals surface area contributed by atoms with Crippen LogP contribution in [0.5, 0.6) is 0 Å². The van der Waals surface area contributed by atoms with Crippen LogP contribution in [0.25, 0.3) is 5.69 Å². The van der Waals surface area contributed by atoms with E-state index in [1.54, 1.807) is 6.92 Å². The molecule has 9 heteroatoms. The summed E-state index contributed by atoms with van der Waals surface area (Å²) in [7, 11) is -3.13. The van der Waals surface area contributed by atoms with Crippen molar-refractivity contribution in [2.75, 3.05) is 17.3 Å². The third-order valence-corrected chi connectivity index (χ3v) is 4.09. The minimum Gasteiger partial charge on any atom is -0.379 e. The first kappa shape index (κ1) is 17.3. The number of halogens is 3. The lowest BCUT2D eigenvalue weighted by Crippen LogP contribution is -2.24. The van der Waals surface area contributed by atoms with Crippen LogP contribution in [0.2, 0.25) is 0 Å². The molecule has 1 aromatic heterocycles. The molecule has 0 fully saturated rings. The number of sulfone groups is 1. The van der Waals surface area contributed by atoms with E-state index < -0.39 is 21.6 Å². The highest BCUT2D eigenvalue weighted by atomic mass is 32.2. The lowest BCUT2D eigenvalue weighted by Gasteiger charge is -2.12. The van der Waals surface area contributed by atoms with Gasteiger partial charge in [0.1, 0.15) is 9.84 Å². The quantitative estimate of drug-likeness (QED) is 0.903. The number of alkyl halides is 3. The van der Waals surface area contributed by atoms with E-state index in [1.165, 1.54) is 29.2 Å². The first-order valence-corrected chi connectivity index (χ1v) is 8.77. The van der Waals surface area contributed by atoms with Crippen molar-refractivity contribution in [2.24, 2.45) is 0 Å². The molecule has 1 atom stereocenters. The van der Waals surface area contributed by atoms with Gasteiger partial charge in [0.2, 0.25) is 0 Å². The Labute approximate surface area is 132 Å². The fraction of sp³-hybridized carbons (Fsp3) is 0.357. The third kappa shape index (κ3) is 4.98. The van der Waals surface area contributed by atoms with Gasteiger partial charge in [0.15, 0.2) is 0 Å². The molecule has 126 valence electrons. The fourth-order valence-electron chi connectivity index (χ4n) is 2.14. The molecule has 0 amide bonds. The minimum atomic E-state index is -4.42. The molecular weight excluding hydrogens is 331 g/mol. The van der Waals surface area contributed by atoms with Gasteiger partial charge in [-0.25, -0.2) is 13.1 Å². The maximum atomic E-state index is 12.7. The molecule has 0 saturated carbocycles. The maximum Gasteiger partial charge on any atom is 0.416 e. The summed E-state index contributed by atoms with van der Waals surface area (Å²) in [5.74, 6) is -0.0538. The van der Waals surface area contributed by atoms with Crippen LogP contribution >= 0.6 is 0 Å². The lowest BCUT2D eigenvalue weighted by molar-refractivity contribution is -0.137. The molecule has 0 bridgehead atoms. The zero-order chi connectivity index (χ0) is 17.3. The Morgan fingerprint density at radius 1 is 1.35 bits per heavy atom. The highest BCUT2D eigenvalue weighted by Crippen LogP contribution is 2.30. The van der Waals surface area contributed by atoms with E-state index in [1.807, 2.05) is 0 Å². The number of hydrogen-bond acceptors (Lipinski definition) is 4. The monoisotopic (exact) mass is 347 g/mol. The molecule has 1 N–H and O–H groups in total. The predicted molar refractivity (Wildman–Crippen MR) is 81.4 cm³/mol. The van der Waals surface area contributed by atoms with Gasteiger partial charge in [0.25, 0.3) is 0 Å². The van der Waals surface area contributed by atoms with Gasteiger partial charge in [-0.05, 0) is 25.1 Å². The van der Waals surface area contributed by atoms with Crippen molar-refractivity contribution in [1.29, 1.82) is 0 Å². The van der Waals surface area contributed by atoms with Gasteiger partial charge in [-0.1, -0.05) is 6.07 Å². The first-order chi connectivity index (χ1) is 10.5. The molecule has 0 saturated heterocycles. The molecule has 2 aromatic rings. The average Bonchev–Trinajstić information content (AvgIpc) is 2.84. The molecule has 1 aromatic carbocycles. The van der Waals surface area contributed by atoms with Gasteiger partial charge in [-0.15, -0.1) is 0 Å². The summed E-state index contributed by atoms with van der Waals surface area (Å²) in [6.07, 6.45) is -0.348. The minimum absolute atomic E-state index is 0.0538. The molecule has 0 unspecified atom stereocenters. The Hall–Kier alpha value is -2.03. The van der Waals surface area contributed by atoms with Gasteiger partial charge < -0.3 is 5.32 Å². The molecule has 0 spiro atoms. The Bertz CT molecular complexity index is 785. The van der Waals surface area contributed by atoms with E-state index in [9.17, 15) is 21.6 Å². The van der Waals surface area contributed by atoms with Crippen molar-refractivity contribution in [3.63, 3.8) is 0 Å². The summed E-state index contributed by atoms with van der Waals surface area (Å²) >= 11 is 0. The summed E-state index contributed by atoms with van der Waals surface area (Å²) in [4.78, 5) is 0. The summed E-state index contributed by atoms with van der Waals surface area (Å²) in [5.41, 5.74) is 0.0349. The van der Waals surface area contributed by atoms with Crippen LogP contribution in [0.15, 0.2) is 36.7 Å². The van der Waals surface area contributed by atoms with Crippen LogP contribution in [0.4, 0.5) is 18.9 Å². The van der Waals surface area contributed by atoms with Crippen molar-refractivity contribution in [1.82, 2.24) is 9.78 Å². The second-order valence-electron chi connectivity index (χ2n) is 5.36. The van der Waals surface area contributed by atoms with Crippen LogP contribution in [0.3, 0.4) is 0 Å². The Morgan fingerprint density at radius 2 is 2.04 bits per heavy atom. The second-order valence-corrected chi connectivity index (χ2v) is 7.54. The number of rotatable bonds is 5. The highest BCUT2D eigenvalue weighted by molar-refractivity contribution is 7.90. The Morgan fingerprint density at radius 3 is 2.65 bits per heavy atom. The number of benzene rings is 1. The van der Waals surface area contributed by atoms with E-state index in [0.29, 0.717) is 5.69 Å². The molecular formula is C14H16F3N3O2S. The summed E-state index contributed by atoms with van der Waals surface area (Å²) < 4.78 is 61.9. The van der Waals surface area contributed by atoms with Gasteiger partial charge in [-0.2, -0.15) is 18.3 Å². The largest absolute Gasteiger partial charge is 0.416 e. The van der Waals surface area contributed by atoms with E-state index in [2.05, 4.69) is 10.4 Å². The van der Waals surface area contributed by atoms with Crippen molar-refractivity contribution in [2.45, 2.75) is 19.1 Å². The molecule has 0 aliphatic carbocycles. The highest BCUT2D eigenvalue weighted by Gasteiger charge is 2.30. The van der Waals surface area contributed by atoms with Crippen LogP contribution in [0, 0.1) is 0 Å². The molecule has 0 radical (unpaired) electrons. The van der Waals surface area contributed by atoms with Crippen molar-refractivity contribution >= 4 is 15.5 Å². The summed E-state index contributed by atoms with van der Waals surface area (Å²) in [5, 5.41) is 6.95. The van der Waals surface area contributed by atoms with Gasteiger partial charge in [-0.3, -0.25) is 0 Å². The van der Waals surface area contributed by atoms with E-state index in [-0.39, 0.29) is 17.5 Å². The summed E-state index contributed by atoms with van der Waals surface area (Å²) in [6.45, 7) is 1.70. The molecule has 23 heavy (non-hydrogen) atoms. The van der Waals surface area contributed by atoms with Crippen LogP contribution in [-0.4, -0.2) is 36.2 Å². The molecule has 5 nitrogen and oxygen atoms in total. The Balaban J connectivity index is 2.16. The van der Waals surface area contributed by atoms with Crippen LogP contribution < -0.4 is 5.32 Å². The SMILES string of the molecule is C[C@H](CS(C)(=O)=O)Nc1cnn(-c2cccc(C(F)(F)F)c2)c1. The van der Waals surface area contributed by atoms with Gasteiger partial charge >= 0.3 is 6.18 Å². The number of aromatic nitrogens is 2. The van der Waals surface area contributed by atoms with Crippen molar-refractivity contribution in [3.05, 3.63) is 42.2 Å². The van der Waals surface area contributed by atoms with Gasteiger partial charge in [0, 0.05) is 12.3 Å². The first-order valence-electron chi connectivity index (χ1n) is 6.71. The lowest BCUT2D eigenvalue weighted by atomic mass is 10.2. The van der Waals surface area contributed by atoms with E-state index >= 15 is 0 Å². The number of hydrogen-bond donors (Lipinski definition) is 1. The maximum absolute atomic E-state index is 12.7. The normalized spacial score (nSPS) is 13.8. The fourth-order valence-corrected chi connectivity index (χ4v) is 3.14. The average molecular weight is 347 g/mol. The van der Waals surface area contributed by atoms with Crippen LogP contribution in [-0.2, 0) is 16.0 Å². The Kier molecular flexibility index (Phi) is 4.69. The topological polar surface area (TPSA) is 64.0 Å². The van der Waals surface area contributed by atoms with Crippen molar-refractivity contribution < 1.29 is 21.6 Å². The van der Waals surface area contributed by atoms with Crippen LogP contribution in [0.1, 0.15) is 12.5 Å². The third-order valence-electron chi connectivity index (χ3n) is 2.99. The smallest absolute Gasteiger partial charge is 0.379 e. The number of nitrogens with one attached hydrogen (secondary N) is 1. The van der Waals surface area contributed by atoms with E-state index in [0.717, 1.165) is 18.4 Å². The van der Waals surface area contributed by atoms with Crippen molar-refractivity contribution in [3.8, 4) is 5.69 Å². The number of nitrogens with zero attached hydrogens (tertiary/aromatic N) is 2. The second kappa shape index (κ2) is 6.23. The molecule has 2 rings (SSSR count). The molecule has 0 aliphatic rings. The predicted octanol–water partition coefficient (Wildman–Crippen LogP) is 2.74. The van der Waals surface area contributed by atoms with Gasteiger partial charge in [0.05, 0.1) is 35.1 Å². The zero-order valence-electron chi connectivity index (χ0n) is 12.5. The molecule has 0 aliphatic heterocycles. The number of anilines is 1. The molecule has 1 heterocycles. The van der Waals surface area contributed by atoms with E-state index in [4.69, 9.17) is 0 Å². The standard InChI is InChI=1S/C14H16F3N3O2S/c1-10(9-23(2,21)22)19-12-7-18-20(8-12)13-5-3-4-11(6-13)14(15,16)17/h3-8,10,19H,9H2,1-2H3/t10-/m1/s1.